The second-order valence-electron chi connectivity index (χ2n) is 6.45. The van der Waals surface area contributed by atoms with Crippen molar-refractivity contribution in [2.45, 2.75) is 39.8 Å². The van der Waals surface area contributed by atoms with Gasteiger partial charge in [0.05, 0.1) is 5.69 Å². The summed E-state index contributed by atoms with van der Waals surface area (Å²) in [7, 11) is 1.35. The van der Waals surface area contributed by atoms with Crippen LogP contribution in [0.4, 0.5) is 5.82 Å². The Hall–Kier alpha value is -0.880. The average molecular weight is 298 g/mol. The van der Waals surface area contributed by atoms with E-state index in [1.54, 1.807) is 0 Å². The van der Waals surface area contributed by atoms with Gasteiger partial charge in [-0.2, -0.15) is 5.10 Å². The number of nitrogens with one attached hydrogen (secondary N) is 1. The first kappa shape index (κ1) is 15.5. The molecule has 6 heteroatoms. The highest BCUT2D eigenvalue weighted by Crippen LogP contribution is 2.25. The Morgan fingerprint density at radius 3 is 2.45 bits per heavy atom. The molecule has 1 aliphatic rings. The Balaban J connectivity index is 2.21. The zero-order valence-corrected chi connectivity index (χ0v) is 14.0. The van der Waals surface area contributed by atoms with Crippen LogP contribution in [0.3, 0.4) is 0 Å². The number of nitrogens with zero attached hydrogens (tertiary/aromatic N) is 3. The van der Waals surface area contributed by atoms with Crippen molar-refractivity contribution in [3.63, 3.8) is 0 Å². The summed E-state index contributed by atoms with van der Waals surface area (Å²) in [5.41, 5.74) is 2.42. The minimum absolute atomic E-state index is 0.0863. The Morgan fingerprint density at radius 1 is 1.30 bits per heavy atom. The van der Waals surface area contributed by atoms with Gasteiger partial charge in [0.1, 0.15) is 5.82 Å². The molecule has 0 atom stereocenters. The molecule has 1 N–H and O–H groups in total. The molecule has 1 fully saturated rings. The van der Waals surface area contributed by atoms with Crippen LogP contribution in [0.2, 0.25) is 0 Å². The third kappa shape index (κ3) is 3.61. The monoisotopic (exact) mass is 298 g/mol. The van der Waals surface area contributed by atoms with Gasteiger partial charge in [-0.3, -0.25) is 8.89 Å². The van der Waals surface area contributed by atoms with E-state index in [1.807, 2.05) is 11.7 Å². The van der Waals surface area contributed by atoms with Crippen LogP contribution >= 0.6 is 0 Å². The van der Waals surface area contributed by atoms with Gasteiger partial charge in [-0.1, -0.05) is 0 Å². The predicted octanol–water partition coefficient (Wildman–Crippen LogP) is 1.19. The maximum atomic E-state index is 11.5. The molecule has 2 heterocycles. The molecule has 5 nitrogen and oxygen atoms in total. The van der Waals surface area contributed by atoms with E-state index in [1.165, 1.54) is 11.4 Å². The third-order valence-electron chi connectivity index (χ3n) is 3.59. The van der Waals surface area contributed by atoms with Crippen LogP contribution in [0.25, 0.3) is 0 Å². The molecule has 0 radical (unpaired) electrons. The van der Waals surface area contributed by atoms with E-state index in [2.05, 4.69) is 43.0 Å². The van der Waals surface area contributed by atoms with E-state index < -0.39 is 10.8 Å². The molecule has 0 aromatic carbocycles. The topological polar surface area (TPSA) is 50.2 Å². The molecule has 2 rings (SSSR count). The normalized spacial score (nSPS) is 17.8. The summed E-state index contributed by atoms with van der Waals surface area (Å²) in [5, 5.41) is 8.11. The highest BCUT2D eigenvalue weighted by molar-refractivity contribution is 7.85. The molecule has 0 spiro atoms. The fourth-order valence-corrected chi connectivity index (χ4v) is 3.55. The van der Waals surface area contributed by atoms with Crippen molar-refractivity contribution in [1.29, 1.82) is 0 Å². The summed E-state index contributed by atoms with van der Waals surface area (Å²) in [5.74, 6) is 2.70. The number of anilines is 1. The standard InChI is InChI=1S/C14H26N4OS/c1-11-12(10-15-14(2,3)4)13(17(5)16-11)18-6-8-20(19)9-7-18/h15H,6-10H2,1-5H3. The number of rotatable bonds is 3. The van der Waals surface area contributed by atoms with Crippen LogP contribution in [0, 0.1) is 6.92 Å². The Bertz CT molecular complexity index is 494. The van der Waals surface area contributed by atoms with Crippen molar-refractivity contribution in [2.24, 2.45) is 7.05 Å². The number of aryl methyl sites for hydroxylation is 2. The Kier molecular flexibility index (Phi) is 4.54. The van der Waals surface area contributed by atoms with Gasteiger partial charge in [-0.15, -0.1) is 0 Å². The lowest BCUT2D eigenvalue weighted by molar-refractivity contribution is 0.423. The van der Waals surface area contributed by atoms with Crippen LogP contribution < -0.4 is 10.2 Å². The number of aromatic nitrogens is 2. The number of hydrogen-bond acceptors (Lipinski definition) is 4. The molecule has 0 unspecified atom stereocenters. The fourth-order valence-electron chi connectivity index (χ4n) is 2.50. The minimum atomic E-state index is -0.646. The van der Waals surface area contributed by atoms with E-state index in [0.29, 0.717) is 0 Å². The molecular weight excluding hydrogens is 272 g/mol. The summed E-state index contributed by atoms with van der Waals surface area (Å²) in [6.45, 7) is 11.1. The first-order valence-corrected chi connectivity index (χ1v) is 8.64. The Morgan fingerprint density at radius 2 is 1.90 bits per heavy atom. The summed E-state index contributed by atoms with van der Waals surface area (Å²) < 4.78 is 13.5. The van der Waals surface area contributed by atoms with Crippen molar-refractivity contribution in [2.75, 3.05) is 29.5 Å². The van der Waals surface area contributed by atoms with Gasteiger partial charge in [0.15, 0.2) is 0 Å². The first-order valence-electron chi connectivity index (χ1n) is 7.15. The highest BCUT2D eigenvalue weighted by Gasteiger charge is 2.23. The van der Waals surface area contributed by atoms with Gasteiger partial charge in [-0.25, -0.2) is 0 Å². The van der Waals surface area contributed by atoms with Crippen molar-refractivity contribution >= 4 is 16.6 Å². The first-order chi connectivity index (χ1) is 9.28. The predicted molar refractivity (Wildman–Crippen MR) is 84.6 cm³/mol. The second kappa shape index (κ2) is 5.85. The lowest BCUT2D eigenvalue weighted by Gasteiger charge is -2.30. The molecule has 1 aromatic rings. The van der Waals surface area contributed by atoms with Gasteiger partial charge in [-0.05, 0) is 27.7 Å². The largest absolute Gasteiger partial charge is 0.355 e. The van der Waals surface area contributed by atoms with E-state index in [-0.39, 0.29) is 5.54 Å². The molecule has 1 saturated heterocycles. The van der Waals surface area contributed by atoms with Crippen LogP contribution in [0.1, 0.15) is 32.0 Å². The fraction of sp³-hybridized carbons (Fsp3) is 0.786. The maximum absolute atomic E-state index is 11.5. The quantitative estimate of drug-likeness (QED) is 0.910. The molecule has 20 heavy (non-hydrogen) atoms. The van der Waals surface area contributed by atoms with E-state index in [4.69, 9.17) is 0 Å². The van der Waals surface area contributed by atoms with Gasteiger partial charge >= 0.3 is 0 Å². The maximum Gasteiger partial charge on any atom is 0.131 e. The molecule has 1 aliphatic heterocycles. The molecular formula is C14H26N4OS. The van der Waals surface area contributed by atoms with Crippen molar-refractivity contribution < 1.29 is 4.21 Å². The van der Waals surface area contributed by atoms with Gasteiger partial charge in [0, 0.05) is 60.1 Å². The van der Waals surface area contributed by atoms with Crippen molar-refractivity contribution in [3.05, 3.63) is 11.3 Å². The zero-order valence-electron chi connectivity index (χ0n) is 13.2. The summed E-state index contributed by atoms with van der Waals surface area (Å²) in [6, 6.07) is 0. The SMILES string of the molecule is Cc1nn(C)c(N2CCS(=O)CC2)c1CNC(C)(C)C. The molecule has 114 valence electrons. The van der Waals surface area contributed by atoms with E-state index in [0.717, 1.165) is 36.8 Å². The van der Waals surface area contributed by atoms with Gasteiger partial charge in [0.25, 0.3) is 0 Å². The average Bonchev–Trinajstić information content (AvgIpc) is 2.61. The minimum Gasteiger partial charge on any atom is -0.355 e. The van der Waals surface area contributed by atoms with Gasteiger partial charge < -0.3 is 10.2 Å². The van der Waals surface area contributed by atoms with Crippen molar-refractivity contribution in [3.8, 4) is 0 Å². The molecule has 0 bridgehead atoms. The molecule has 0 saturated carbocycles. The highest BCUT2D eigenvalue weighted by atomic mass is 32.2. The lowest BCUT2D eigenvalue weighted by atomic mass is 10.1. The van der Waals surface area contributed by atoms with E-state index in [9.17, 15) is 4.21 Å². The molecule has 1 aromatic heterocycles. The van der Waals surface area contributed by atoms with E-state index >= 15 is 0 Å². The summed E-state index contributed by atoms with van der Waals surface area (Å²) in [6.07, 6.45) is 0. The summed E-state index contributed by atoms with van der Waals surface area (Å²) >= 11 is 0. The second-order valence-corrected chi connectivity index (χ2v) is 8.15. The van der Waals surface area contributed by atoms with Crippen LogP contribution in [-0.2, 0) is 24.4 Å². The third-order valence-corrected chi connectivity index (χ3v) is 4.86. The van der Waals surface area contributed by atoms with Crippen LogP contribution in [0.5, 0.6) is 0 Å². The smallest absolute Gasteiger partial charge is 0.131 e. The Labute approximate surface area is 124 Å². The number of hydrogen-bond donors (Lipinski definition) is 1. The van der Waals surface area contributed by atoms with Crippen LogP contribution in [0.15, 0.2) is 0 Å². The molecule has 0 amide bonds. The zero-order chi connectivity index (χ0) is 14.9. The van der Waals surface area contributed by atoms with Crippen molar-refractivity contribution in [1.82, 2.24) is 15.1 Å². The van der Waals surface area contributed by atoms with Crippen LogP contribution in [-0.4, -0.2) is 44.1 Å². The lowest BCUT2D eigenvalue weighted by Crippen LogP contribution is -2.40. The summed E-state index contributed by atoms with van der Waals surface area (Å²) in [4.78, 5) is 2.32. The van der Waals surface area contributed by atoms with Gasteiger partial charge in [0.2, 0.25) is 0 Å². The molecule has 0 aliphatic carbocycles.